The number of urea groups is 1. The number of benzene rings is 1. The lowest BCUT2D eigenvalue weighted by Gasteiger charge is -2.37. The summed E-state index contributed by atoms with van der Waals surface area (Å²) < 4.78 is 42.6. The van der Waals surface area contributed by atoms with Crippen LogP contribution >= 0.6 is 0 Å². The summed E-state index contributed by atoms with van der Waals surface area (Å²) in [7, 11) is 0. The van der Waals surface area contributed by atoms with Gasteiger partial charge in [0, 0.05) is 17.6 Å². The topological polar surface area (TPSA) is 50.4 Å². The monoisotopic (exact) mass is 288 g/mol. The summed E-state index contributed by atoms with van der Waals surface area (Å²) in [6, 6.07) is 3.98. The number of hydrogen-bond donors (Lipinski definition) is 2. The average molecular weight is 288 g/mol. The van der Waals surface area contributed by atoms with Crippen LogP contribution in [0.1, 0.15) is 12.5 Å². The molecule has 0 unspecified atom stereocenters. The van der Waals surface area contributed by atoms with Gasteiger partial charge >= 0.3 is 12.2 Å². The predicted octanol–water partition coefficient (Wildman–Crippen LogP) is 2.86. The number of carbonyl (C=O) groups is 1. The van der Waals surface area contributed by atoms with Gasteiger partial charge in [-0.25, -0.2) is 4.79 Å². The van der Waals surface area contributed by atoms with Gasteiger partial charge in [-0.1, -0.05) is 13.0 Å². The fourth-order valence-corrected chi connectivity index (χ4v) is 1.79. The van der Waals surface area contributed by atoms with Crippen LogP contribution in [0.25, 0.3) is 0 Å². The fraction of sp³-hybridized carbons (Fsp3) is 0.462. The molecule has 0 aliphatic carbocycles. The number of rotatable bonds is 3. The molecule has 0 saturated carbocycles. The molecule has 0 aromatic heterocycles. The number of anilines is 1. The third-order valence-electron chi connectivity index (χ3n) is 3.02. The molecule has 0 bridgehead atoms. The van der Waals surface area contributed by atoms with Crippen LogP contribution in [-0.4, -0.2) is 25.8 Å². The van der Waals surface area contributed by atoms with Gasteiger partial charge in [0.1, 0.15) is 0 Å². The van der Waals surface area contributed by atoms with Gasteiger partial charge in [0.05, 0.1) is 18.8 Å². The maximum atomic E-state index is 12.5. The minimum Gasteiger partial charge on any atom is -0.380 e. The van der Waals surface area contributed by atoms with Crippen LogP contribution in [0.3, 0.4) is 0 Å². The molecule has 1 fully saturated rings. The second-order valence-corrected chi connectivity index (χ2v) is 5.19. The second-order valence-electron chi connectivity index (χ2n) is 5.19. The lowest BCUT2D eigenvalue weighted by Crippen LogP contribution is -2.49. The van der Waals surface area contributed by atoms with E-state index in [1.165, 1.54) is 12.1 Å². The molecule has 2 rings (SSSR count). The summed E-state index contributed by atoms with van der Waals surface area (Å²) in [4.78, 5) is 11.6. The first-order chi connectivity index (χ1) is 9.28. The van der Waals surface area contributed by atoms with Crippen LogP contribution in [0, 0.1) is 5.41 Å². The molecule has 1 aromatic rings. The molecule has 1 aliphatic rings. The van der Waals surface area contributed by atoms with Gasteiger partial charge in [-0.15, -0.1) is 0 Å². The van der Waals surface area contributed by atoms with Gasteiger partial charge in [0.15, 0.2) is 0 Å². The van der Waals surface area contributed by atoms with Gasteiger partial charge in [0.2, 0.25) is 0 Å². The highest BCUT2D eigenvalue weighted by atomic mass is 19.4. The second kappa shape index (κ2) is 5.32. The van der Waals surface area contributed by atoms with Gasteiger partial charge < -0.3 is 15.4 Å². The van der Waals surface area contributed by atoms with Gasteiger partial charge in [-0.3, -0.25) is 0 Å². The van der Waals surface area contributed by atoms with Crippen molar-refractivity contribution in [3.05, 3.63) is 29.8 Å². The number of alkyl halides is 3. The first-order valence-electron chi connectivity index (χ1n) is 6.08. The summed E-state index contributed by atoms with van der Waals surface area (Å²) in [6.45, 7) is 3.51. The van der Waals surface area contributed by atoms with Gasteiger partial charge in [-0.05, 0) is 18.2 Å². The minimum absolute atomic E-state index is 0.0921. The molecule has 7 heteroatoms. The fourth-order valence-electron chi connectivity index (χ4n) is 1.79. The maximum absolute atomic E-state index is 12.5. The number of halogens is 3. The zero-order valence-electron chi connectivity index (χ0n) is 10.9. The normalized spacial score (nSPS) is 17.2. The summed E-state index contributed by atoms with van der Waals surface area (Å²) >= 11 is 0. The number of carbonyl (C=O) groups excluding carboxylic acids is 1. The van der Waals surface area contributed by atoms with Crippen LogP contribution in [-0.2, 0) is 10.9 Å². The van der Waals surface area contributed by atoms with E-state index < -0.39 is 17.8 Å². The van der Waals surface area contributed by atoms with Crippen LogP contribution in [0.2, 0.25) is 0 Å². The average Bonchev–Trinajstić information content (AvgIpc) is 2.33. The van der Waals surface area contributed by atoms with Crippen LogP contribution in [0.4, 0.5) is 23.7 Å². The zero-order valence-corrected chi connectivity index (χ0v) is 10.9. The molecule has 1 aromatic carbocycles. The van der Waals surface area contributed by atoms with Gasteiger partial charge in [0.25, 0.3) is 0 Å². The van der Waals surface area contributed by atoms with E-state index in [0.717, 1.165) is 12.1 Å². The standard InChI is InChI=1S/C13H15F3N2O2/c1-12(7-20-8-12)6-17-11(19)18-10-4-2-3-9(5-10)13(14,15)16/h2-5H,6-8H2,1H3,(H2,17,18,19). The van der Waals surface area contributed by atoms with Crippen LogP contribution in [0.5, 0.6) is 0 Å². The smallest absolute Gasteiger partial charge is 0.380 e. The number of nitrogens with one attached hydrogen (secondary N) is 2. The van der Waals surface area contributed by atoms with Crippen molar-refractivity contribution in [3.8, 4) is 0 Å². The third-order valence-corrected chi connectivity index (χ3v) is 3.02. The van der Waals surface area contributed by atoms with Crippen molar-refractivity contribution < 1.29 is 22.7 Å². The highest BCUT2D eigenvalue weighted by Gasteiger charge is 2.33. The van der Waals surface area contributed by atoms with Crippen molar-refractivity contribution in [1.29, 1.82) is 0 Å². The Labute approximate surface area is 114 Å². The lowest BCUT2D eigenvalue weighted by molar-refractivity contribution is -0.137. The third kappa shape index (κ3) is 3.63. The first kappa shape index (κ1) is 14.6. The number of amides is 2. The van der Waals surface area contributed by atoms with Crippen molar-refractivity contribution in [1.82, 2.24) is 5.32 Å². The maximum Gasteiger partial charge on any atom is 0.416 e. The molecule has 110 valence electrons. The lowest BCUT2D eigenvalue weighted by atomic mass is 9.89. The summed E-state index contributed by atoms with van der Waals surface area (Å²) in [5, 5.41) is 5.00. The summed E-state index contributed by atoms with van der Waals surface area (Å²) in [5.74, 6) is 0. The molecule has 4 nitrogen and oxygen atoms in total. The highest BCUT2D eigenvalue weighted by molar-refractivity contribution is 5.89. The predicted molar refractivity (Wildman–Crippen MR) is 67.4 cm³/mol. The first-order valence-corrected chi connectivity index (χ1v) is 6.08. The van der Waals surface area contributed by atoms with E-state index in [1.54, 1.807) is 0 Å². The van der Waals surface area contributed by atoms with Crippen molar-refractivity contribution in [2.75, 3.05) is 25.1 Å². The molecule has 1 heterocycles. The molecule has 0 atom stereocenters. The molecule has 2 N–H and O–H groups in total. The number of hydrogen-bond acceptors (Lipinski definition) is 2. The van der Waals surface area contributed by atoms with Crippen molar-refractivity contribution in [2.24, 2.45) is 5.41 Å². The Morgan fingerprint density at radius 2 is 2.10 bits per heavy atom. The van der Waals surface area contributed by atoms with Crippen molar-refractivity contribution in [2.45, 2.75) is 13.1 Å². The van der Waals surface area contributed by atoms with Crippen LogP contribution < -0.4 is 10.6 Å². The van der Waals surface area contributed by atoms with E-state index in [4.69, 9.17) is 4.74 Å². The molecule has 0 radical (unpaired) electrons. The van der Waals surface area contributed by atoms with E-state index in [0.29, 0.717) is 19.8 Å². The SMILES string of the molecule is CC1(CNC(=O)Nc2cccc(C(F)(F)F)c2)COC1. The molecule has 1 aliphatic heterocycles. The Bertz CT molecular complexity index is 499. The minimum atomic E-state index is -4.43. The van der Waals surface area contributed by atoms with E-state index in [1.807, 2.05) is 6.92 Å². The van der Waals surface area contributed by atoms with E-state index in [-0.39, 0.29) is 11.1 Å². The molecule has 0 spiro atoms. The molecular weight excluding hydrogens is 273 g/mol. The molecular formula is C13H15F3N2O2. The quantitative estimate of drug-likeness (QED) is 0.898. The zero-order chi connectivity index (χ0) is 14.8. The highest BCUT2D eigenvalue weighted by Crippen LogP contribution is 2.30. The summed E-state index contributed by atoms with van der Waals surface area (Å²) in [6.07, 6.45) is -4.43. The molecule has 1 saturated heterocycles. The Hall–Kier alpha value is -1.76. The Kier molecular flexibility index (Phi) is 3.89. The summed E-state index contributed by atoms with van der Waals surface area (Å²) in [5.41, 5.74) is -0.785. The number of ether oxygens (including phenoxy) is 1. The van der Waals surface area contributed by atoms with Crippen LogP contribution in [0.15, 0.2) is 24.3 Å². The van der Waals surface area contributed by atoms with E-state index in [2.05, 4.69) is 10.6 Å². The van der Waals surface area contributed by atoms with E-state index >= 15 is 0 Å². The Morgan fingerprint density at radius 1 is 1.40 bits per heavy atom. The largest absolute Gasteiger partial charge is 0.416 e. The molecule has 2 amide bonds. The Morgan fingerprint density at radius 3 is 2.65 bits per heavy atom. The van der Waals surface area contributed by atoms with E-state index in [9.17, 15) is 18.0 Å². The Balaban J connectivity index is 1.91. The molecule has 20 heavy (non-hydrogen) atoms. The van der Waals surface area contributed by atoms with Crippen molar-refractivity contribution in [3.63, 3.8) is 0 Å². The van der Waals surface area contributed by atoms with Crippen molar-refractivity contribution >= 4 is 11.7 Å². The van der Waals surface area contributed by atoms with Gasteiger partial charge in [-0.2, -0.15) is 13.2 Å².